The van der Waals surface area contributed by atoms with Gasteiger partial charge in [0.05, 0.1) is 5.41 Å². The highest BCUT2D eigenvalue weighted by Gasteiger charge is 2.33. The number of carbonyl (C=O) groups is 1. The van der Waals surface area contributed by atoms with Crippen LogP contribution in [0, 0.1) is 5.92 Å². The lowest BCUT2D eigenvalue weighted by Gasteiger charge is -2.34. The van der Waals surface area contributed by atoms with Crippen molar-refractivity contribution in [1.82, 2.24) is 5.32 Å². The third-order valence-electron chi connectivity index (χ3n) is 4.52. The van der Waals surface area contributed by atoms with Crippen molar-refractivity contribution in [1.29, 1.82) is 0 Å². The van der Waals surface area contributed by atoms with Crippen LogP contribution in [0.2, 0.25) is 0 Å². The van der Waals surface area contributed by atoms with E-state index in [2.05, 4.69) is 5.32 Å². The molecule has 0 heterocycles. The minimum atomic E-state index is -0.543. The number of hydrogen-bond acceptors (Lipinski definition) is 2. The minimum absolute atomic E-state index is 0.0500. The zero-order valence-electron chi connectivity index (χ0n) is 12.4. The molecule has 3 heteroatoms. The zero-order valence-corrected chi connectivity index (χ0v) is 12.4. The lowest BCUT2D eigenvalue weighted by atomic mass is 9.81. The Bertz CT molecular complexity index is 442. The Morgan fingerprint density at radius 3 is 2.55 bits per heavy atom. The van der Waals surface area contributed by atoms with Gasteiger partial charge in [-0.25, -0.2) is 0 Å². The van der Waals surface area contributed by atoms with Gasteiger partial charge in [-0.15, -0.1) is 0 Å². The van der Waals surface area contributed by atoms with Crippen LogP contribution in [0.3, 0.4) is 0 Å². The number of hydrogen-bond donors (Lipinski definition) is 2. The maximum atomic E-state index is 12.6. The molecule has 1 aliphatic carbocycles. The standard InChI is InChI=1S/C17H25NO2/c1-17(2,14-9-4-3-5-10-14)16(20)18-15-11-7-6-8-13(15)12-19/h3-5,9-10,13,15,19H,6-8,11-12H2,1-2H3,(H,18,20). The van der Waals surface area contributed by atoms with Crippen molar-refractivity contribution in [2.24, 2.45) is 5.92 Å². The van der Waals surface area contributed by atoms with E-state index in [9.17, 15) is 9.90 Å². The number of benzene rings is 1. The number of rotatable bonds is 4. The third-order valence-corrected chi connectivity index (χ3v) is 4.52. The second-order valence-corrected chi connectivity index (χ2v) is 6.30. The number of aliphatic hydroxyl groups excluding tert-OH is 1. The van der Waals surface area contributed by atoms with Gasteiger partial charge in [0.15, 0.2) is 0 Å². The molecule has 1 saturated carbocycles. The second-order valence-electron chi connectivity index (χ2n) is 6.30. The molecule has 3 nitrogen and oxygen atoms in total. The molecule has 2 rings (SSSR count). The lowest BCUT2D eigenvalue weighted by molar-refractivity contribution is -0.127. The Labute approximate surface area is 121 Å². The highest BCUT2D eigenvalue weighted by Crippen LogP contribution is 2.27. The summed E-state index contributed by atoms with van der Waals surface area (Å²) in [5, 5.41) is 12.6. The van der Waals surface area contributed by atoms with Gasteiger partial charge < -0.3 is 10.4 Å². The van der Waals surface area contributed by atoms with Crippen LogP contribution in [0.25, 0.3) is 0 Å². The first-order chi connectivity index (χ1) is 9.55. The van der Waals surface area contributed by atoms with Crippen molar-refractivity contribution in [3.63, 3.8) is 0 Å². The summed E-state index contributed by atoms with van der Waals surface area (Å²) in [6.07, 6.45) is 4.27. The normalized spacial score (nSPS) is 23.4. The Kier molecular flexibility index (Phi) is 4.81. The van der Waals surface area contributed by atoms with Crippen molar-refractivity contribution < 1.29 is 9.90 Å². The third kappa shape index (κ3) is 3.21. The summed E-state index contributed by atoms with van der Waals surface area (Å²) < 4.78 is 0. The molecule has 110 valence electrons. The van der Waals surface area contributed by atoms with E-state index in [4.69, 9.17) is 0 Å². The fraction of sp³-hybridized carbons (Fsp3) is 0.588. The molecule has 0 aromatic heterocycles. The average molecular weight is 275 g/mol. The molecule has 1 amide bonds. The number of amides is 1. The second kappa shape index (κ2) is 6.40. The quantitative estimate of drug-likeness (QED) is 0.887. The smallest absolute Gasteiger partial charge is 0.230 e. The van der Waals surface area contributed by atoms with E-state index in [1.54, 1.807) is 0 Å². The summed E-state index contributed by atoms with van der Waals surface area (Å²) in [6, 6.07) is 9.97. The van der Waals surface area contributed by atoms with Crippen molar-refractivity contribution >= 4 is 5.91 Å². The molecule has 0 radical (unpaired) electrons. The van der Waals surface area contributed by atoms with E-state index < -0.39 is 5.41 Å². The van der Waals surface area contributed by atoms with E-state index in [1.807, 2.05) is 44.2 Å². The molecule has 2 atom stereocenters. The topological polar surface area (TPSA) is 49.3 Å². The molecule has 1 aromatic rings. The largest absolute Gasteiger partial charge is 0.396 e. The van der Waals surface area contributed by atoms with Gasteiger partial charge in [-0.1, -0.05) is 43.2 Å². The van der Waals surface area contributed by atoms with Crippen LogP contribution in [0.1, 0.15) is 45.1 Å². The Hall–Kier alpha value is -1.35. The van der Waals surface area contributed by atoms with Gasteiger partial charge >= 0.3 is 0 Å². The Morgan fingerprint density at radius 1 is 1.25 bits per heavy atom. The minimum Gasteiger partial charge on any atom is -0.396 e. The van der Waals surface area contributed by atoms with E-state index in [0.717, 1.165) is 31.2 Å². The van der Waals surface area contributed by atoms with Gasteiger partial charge in [-0.05, 0) is 32.3 Å². The monoisotopic (exact) mass is 275 g/mol. The maximum Gasteiger partial charge on any atom is 0.230 e. The van der Waals surface area contributed by atoms with Crippen molar-refractivity contribution in [3.8, 4) is 0 Å². The zero-order chi connectivity index (χ0) is 14.6. The molecule has 2 N–H and O–H groups in total. The summed E-state index contributed by atoms with van der Waals surface area (Å²) >= 11 is 0. The van der Waals surface area contributed by atoms with Crippen LogP contribution >= 0.6 is 0 Å². The van der Waals surface area contributed by atoms with Crippen molar-refractivity contribution in [3.05, 3.63) is 35.9 Å². The van der Waals surface area contributed by atoms with Gasteiger partial charge in [-0.2, -0.15) is 0 Å². The van der Waals surface area contributed by atoms with Gasteiger partial charge in [0.2, 0.25) is 5.91 Å². The van der Waals surface area contributed by atoms with Gasteiger partial charge in [0, 0.05) is 18.6 Å². The molecule has 2 unspecified atom stereocenters. The van der Waals surface area contributed by atoms with Crippen LogP contribution in [-0.4, -0.2) is 23.7 Å². The van der Waals surface area contributed by atoms with Gasteiger partial charge in [0.25, 0.3) is 0 Å². The first-order valence-electron chi connectivity index (χ1n) is 7.53. The fourth-order valence-corrected chi connectivity index (χ4v) is 2.95. The first kappa shape index (κ1) is 15.0. The van der Waals surface area contributed by atoms with E-state index in [1.165, 1.54) is 0 Å². The van der Waals surface area contributed by atoms with Crippen LogP contribution < -0.4 is 5.32 Å². The van der Waals surface area contributed by atoms with E-state index >= 15 is 0 Å². The van der Waals surface area contributed by atoms with Gasteiger partial charge in [0.1, 0.15) is 0 Å². The molecule has 1 fully saturated rings. The summed E-state index contributed by atoms with van der Waals surface area (Å²) in [5.74, 6) is 0.258. The number of nitrogens with one attached hydrogen (secondary N) is 1. The highest BCUT2D eigenvalue weighted by atomic mass is 16.3. The molecule has 1 aromatic carbocycles. The predicted octanol–water partition coefficient (Wildman–Crippen LogP) is 2.63. The molecule has 0 spiro atoms. The summed E-state index contributed by atoms with van der Waals surface area (Å²) in [5.41, 5.74) is 0.479. The van der Waals surface area contributed by atoms with Crippen LogP contribution in [0.15, 0.2) is 30.3 Å². The summed E-state index contributed by atoms with van der Waals surface area (Å²) in [7, 11) is 0. The maximum absolute atomic E-state index is 12.6. The SMILES string of the molecule is CC(C)(C(=O)NC1CCCCC1CO)c1ccccc1. The molecular weight excluding hydrogens is 250 g/mol. The predicted molar refractivity (Wildman–Crippen MR) is 80.4 cm³/mol. The van der Waals surface area contributed by atoms with Crippen LogP contribution in [0.5, 0.6) is 0 Å². The van der Waals surface area contributed by atoms with E-state index in [-0.39, 0.29) is 24.5 Å². The molecule has 20 heavy (non-hydrogen) atoms. The van der Waals surface area contributed by atoms with Crippen LogP contribution in [-0.2, 0) is 10.2 Å². The molecule has 0 aliphatic heterocycles. The fourth-order valence-electron chi connectivity index (χ4n) is 2.95. The summed E-state index contributed by atoms with van der Waals surface area (Å²) in [6.45, 7) is 4.07. The number of aliphatic hydroxyl groups is 1. The Balaban J connectivity index is 2.07. The Morgan fingerprint density at radius 2 is 1.90 bits per heavy atom. The van der Waals surface area contributed by atoms with E-state index in [0.29, 0.717) is 0 Å². The van der Waals surface area contributed by atoms with Crippen molar-refractivity contribution in [2.45, 2.75) is 51.0 Å². The molecule has 1 aliphatic rings. The van der Waals surface area contributed by atoms with Gasteiger partial charge in [-0.3, -0.25) is 4.79 Å². The molecule has 0 bridgehead atoms. The van der Waals surface area contributed by atoms with Crippen molar-refractivity contribution in [2.75, 3.05) is 6.61 Å². The average Bonchev–Trinajstić information content (AvgIpc) is 2.48. The van der Waals surface area contributed by atoms with Crippen LogP contribution in [0.4, 0.5) is 0 Å². The molecular formula is C17H25NO2. The molecule has 0 saturated heterocycles. The summed E-state index contributed by atoms with van der Waals surface area (Å²) in [4.78, 5) is 12.6. The first-order valence-corrected chi connectivity index (χ1v) is 7.53. The highest BCUT2D eigenvalue weighted by molar-refractivity contribution is 5.87. The lowest BCUT2D eigenvalue weighted by Crippen LogP contribution is -2.49. The number of carbonyl (C=O) groups excluding carboxylic acids is 1.